The van der Waals surface area contributed by atoms with Crippen LogP contribution in [0.15, 0.2) is 24.3 Å². The molecule has 1 amide bonds. The second-order valence-corrected chi connectivity index (χ2v) is 5.33. The first-order valence-electron chi connectivity index (χ1n) is 6.37. The maximum absolute atomic E-state index is 12.3. The molecule has 20 heavy (non-hydrogen) atoms. The minimum atomic E-state index is -2.86. The highest BCUT2D eigenvalue weighted by Gasteiger charge is 2.18. The number of carbonyl (C=O) groups excluding carboxylic acids is 1. The fourth-order valence-corrected chi connectivity index (χ4v) is 2.02. The van der Waals surface area contributed by atoms with Crippen molar-refractivity contribution in [3.8, 4) is 5.75 Å². The molecule has 0 bridgehead atoms. The monoisotopic (exact) mass is 349 g/mol. The van der Waals surface area contributed by atoms with E-state index in [4.69, 9.17) is 0 Å². The number of ether oxygens (including phenoxy) is 1. The maximum atomic E-state index is 12.3. The molecule has 0 aliphatic carbocycles. The third kappa shape index (κ3) is 5.07. The molecule has 6 heteroatoms. The summed E-state index contributed by atoms with van der Waals surface area (Å²) < 4.78 is 28.4. The number of benzene rings is 1. The van der Waals surface area contributed by atoms with Gasteiger partial charge in [-0.25, -0.2) is 0 Å². The number of alkyl halides is 3. The Labute approximate surface area is 126 Å². The number of hydrogen-bond acceptors (Lipinski definition) is 2. The van der Waals surface area contributed by atoms with Gasteiger partial charge in [0, 0.05) is 23.5 Å². The third-order valence-electron chi connectivity index (χ3n) is 2.74. The summed E-state index contributed by atoms with van der Waals surface area (Å²) in [6.45, 7) is 1.68. The molecule has 112 valence electrons. The van der Waals surface area contributed by atoms with Gasteiger partial charge in [0.15, 0.2) is 0 Å². The highest BCUT2D eigenvalue weighted by atomic mass is 79.9. The molecule has 1 rings (SSSR count). The Balaban J connectivity index is 2.78. The Hall–Kier alpha value is -1.17. The summed E-state index contributed by atoms with van der Waals surface area (Å²) in [6, 6.07) is 5.84. The van der Waals surface area contributed by atoms with Crippen molar-refractivity contribution in [2.75, 3.05) is 11.9 Å². The summed E-state index contributed by atoms with van der Waals surface area (Å²) in [5, 5.41) is 0.824. The SMILES string of the molecule is CC(C)N(CCCBr)C(=O)c1ccc(OC(F)F)cc1. The molecular weight excluding hydrogens is 332 g/mol. The number of hydrogen-bond donors (Lipinski definition) is 0. The van der Waals surface area contributed by atoms with Crippen LogP contribution in [-0.4, -0.2) is 35.3 Å². The van der Waals surface area contributed by atoms with Gasteiger partial charge < -0.3 is 9.64 Å². The van der Waals surface area contributed by atoms with Crippen LogP contribution < -0.4 is 4.74 Å². The van der Waals surface area contributed by atoms with Crippen molar-refractivity contribution >= 4 is 21.8 Å². The van der Waals surface area contributed by atoms with Gasteiger partial charge in [0.1, 0.15) is 5.75 Å². The van der Waals surface area contributed by atoms with Gasteiger partial charge in [0.2, 0.25) is 0 Å². The lowest BCUT2D eigenvalue weighted by Crippen LogP contribution is -2.37. The lowest BCUT2D eigenvalue weighted by atomic mass is 10.1. The zero-order valence-electron chi connectivity index (χ0n) is 11.5. The highest BCUT2D eigenvalue weighted by molar-refractivity contribution is 9.09. The van der Waals surface area contributed by atoms with E-state index in [2.05, 4.69) is 20.7 Å². The van der Waals surface area contributed by atoms with Gasteiger partial charge in [0.05, 0.1) is 0 Å². The molecule has 0 atom stereocenters. The molecule has 0 N–H and O–H groups in total. The van der Waals surface area contributed by atoms with Crippen LogP contribution in [0.25, 0.3) is 0 Å². The molecule has 0 fully saturated rings. The summed E-state index contributed by atoms with van der Waals surface area (Å²) in [5.74, 6) is -0.0577. The molecule has 3 nitrogen and oxygen atoms in total. The minimum absolute atomic E-state index is 0.0492. The second kappa shape index (κ2) is 8.19. The first kappa shape index (κ1) is 16.9. The highest BCUT2D eigenvalue weighted by Crippen LogP contribution is 2.17. The summed E-state index contributed by atoms with van der Waals surface area (Å²) in [7, 11) is 0. The standard InChI is InChI=1S/C14H18BrF2NO2/c1-10(2)18(9-3-8-15)13(19)11-4-6-12(7-5-11)20-14(16)17/h4-7,10,14H,3,8-9H2,1-2H3. The van der Waals surface area contributed by atoms with Crippen LogP contribution in [0.3, 0.4) is 0 Å². The summed E-state index contributed by atoms with van der Waals surface area (Å²) in [5.41, 5.74) is 0.467. The van der Waals surface area contributed by atoms with Crippen molar-refractivity contribution in [3.63, 3.8) is 0 Å². The average molecular weight is 350 g/mol. The number of amides is 1. The van der Waals surface area contributed by atoms with E-state index < -0.39 is 6.61 Å². The van der Waals surface area contributed by atoms with E-state index >= 15 is 0 Å². The number of nitrogens with zero attached hydrogens (tertiary/aromatic N) is 1. The van der Waals surface area contributed by atoms with Crippen molar-refractivity contribution in [3.05, 3.63) is 29.8 Å². The van der Waals surface area contributed by atoms with Gasteiger partial charge in [0.25, 0.3) is 5.91 Å². The normalized spacial score (nSPS) is 10.9. The largest absolute Gasteiger partial charge is 0.435 e. The van der Waals surface area contributed by atoms with Crippen LogP contribution in [0.5, 0.6) is 5.75 Å². The zero-order valence-corrected chi connectivity index (χ0v) is 13.1. The van der Waals surface area contributed by atoms with Crippen LogP contribution in [0.4, 0.5) is 8.78 Å². The molecule has 0 saturated carbocycles. The van der Waals surface area contributed by atoms with Crippen molar-refractivity contribution in [2.45, 2.75) is 32.9 Å². The molecule has 0 aliphatic heterocycles. The van der Waals surface area contributed by atoms with E-state index in [1.165, 1.54) is 24.3 Å². The molecule has 1 aromatic carbocycles. The van der Waals surface area contributed by atoms with Gasteiger partial charge in [-0.2, -0.15) is 8.78 Å². The fourth-order valence-electron chi connectivity index (χ4n) is 1.77. The number of carbonyl (C=O) groups is 1. The van der Waals surface area contributed by atoms with Crippen LogP contribution in [-0.2, 0) is 0 Å². The Morgan fingerprint density at radius 3 is 2.35 bits per heavy atom. The molecule has 0 aromatic heterocycles. The molecule has 0 saturated heterocycles. The van der Waals surface area contributed by atoms with Gasteiger partial charge in [-0.1, -0.05) is 15.9 Å². The summed E-state index contributed by atoms with van der Waals surface area (Å²) >= 11 is 3.34. The van der Waals surface area contributed by atoms with Gasteiger partial charge in [-0.15, -0.1) is 0 Å². The molecule has 0 radical (unpaired) electrons. The molecule has 0 unspecified atom stereocenters. The van der Waals surface area contributed by atoms with Gasteiger partial charge >= 0.3 is 6.61 Å². The smallest absolute Gasteiger partial charge is 0.387 e. The Morgan fingerprint density at radius 1 is 1.30 bits per heavy atom. The van der Waals surface area contributed by atoms with Gasteiger partial charge in [-0.05, 0) is 44.5 Å². The first-order chi connectivity index (χ1) is 9.45. The zero-order chi connectivity index (χ0) is 15.1. The topological polar surface area (TPSA) is 29.5 Å². The summed E-state index contributed by atoms with van der Waals surface area (Å²) in [4.78, 5) is 14.1. The van der Waals surface area contributed by atoms with Crippen LogP contribution in [0, 0.1) is 0 Å². The van der Waals surface area contributed by atoms with E-state index in [9.17, 15) is 13.6 Å². The quantitative estimate of drug-likeness (QED) is 0.698. The lowest BCUT2D eigenvalue weighted by molar-refractivity contribution is -0.0498. The van der Waals surface area contributed by atoms with E-state index in [-0.39, 0.29) is 17.7 Å². The van der Waals surface area contributed by atoms with Crippen molar-refractivity contribution in [1.29, 1.82) is 0 Å². The number of halogens is 3. The Kier molecular flexibility index (Phi) is 6.91. The molecule has 1 aromatic rings. The molecular formula is C14H18BrF2NO2. The lowest BCUT2D eigenvalue weighted by Gasteiger charge is -2.26. The molecule has 0 spiro atoms. The predicted octanol–water partition coefficient (Wildman–Crippen LogP) is 3.92. The van der Waals surface area contributed by atoms with E-state index in [1.54, 1.807) is 4.90 Å². The second-order valence-electron chi connectivity index (χ2n) is 4.54. The van der Waals surface area contributed by atoms with Crippen LogP contribution >= 0.6 is 15.9 Å². The van der Waals surface area contributed by atoms with Gasteiger partial charge in [-0.3, -0.25) is 4.79 Å². The number of rotatable bonds is 7. The van der Waals surface area contributed by atoms with Crippen molar-refractivity contribution < 1.29 is 18.3 Å². The molecule has 0 heterocycles. The first-order valence-corrected chi connectivity index (χ1v) is 7.49. The third-order valence-corrected chi connectivity index (χ3v) is 3.30. The van der Waals surface area contributed by atoms with E-state index in [1.807, 2.05) is 13.8 Å². The van der Waals surface area contributed by atoms with Crippen LogP contribution in [0.1, 0.15) is 30.6 Å². The van der Waals surface area contributed by atoms with Crippen LogP contribution in [0.2, 0.25) is 0 Å². The van der Waals surface area contributed by atoms with Crippen molar-refractivity contribution in [1.82, 2.24) is 4.90 Å². The van der Waals surface area contributed by atoms with Crippen molar-refractivity contribution in [2.24, 2.45) is 0 Å². The fraction of sp³-hybridized carbons (Fsp3) is 0.500. The predicted molar refractivity (Wildman–Crippen MR) is 77.7 cm³/mol. The average Bonchev–Trinajstić information content (AvgIpc) is 2.38. The molecule has 0 aliphatic rings. The van der Waals surface area contributed by atoms with E-state index in [0.29, 0.717) is 12.1 Å². The minimum Gasteiger partial charge on any atom is -0.435 e. The Bertz CT molecular complexity index is 424. The Morgan fingerprint density at radius 2 is 1.90 bits per heavy atom. The van der Waals surface area contributed by atoms with E-state index in [0.717, 1.165) is 11.8 Å². The summed E-state index contributed by atoms with van der Waals surface area (Å²) in [6.07, 6.45) is 0.858. The maximum Gasteiger partial charge on any atom is 0.387 e.